The first-order valence-corrected chi connectivity index (χ1v) is 1.62. The Morgan fingerprint density at radius 2 is 2.20 bits per heavy atom. The van der Waals surface area contributed by atoms with Gasteiger partial charge in [0, 0.05) is 6.92 Å². The summed E-state index contributed by atoms with van der Waals surface area (Å²) in [5.74, 6) is -0.282. The molecular formula is C2H3AlO2. The Balaban J connectivity index is 2.85. The molecule has 0 aromatic carbocycles. The molecule has 0 aromatic heterocycles. The van der Waals surface area contributed by atoms with Crippen molar-refractivity contribution >= 4 is 22.6 Å². The lowest BCUT2D eigenvalue weighted by molar-refractivity contribution is -0.131. The Kier molecular flexibility index (Phi) is 2.25. The third-order valence-corrected chi connectivity index (χ3v) is 0.498. The Hall–Kier alpha value is 0.00247. The van der Waals surface area contributed by atoms with Gasteiger partial charge in [-0.1, -0.05) is 0 Å². The van der Waals surface area contributed by atoms with Crippen LogP contribution in [-0.4, -0.2) is 22.6 Å². The van der Waals surface area contributed by atoms with Crippen LogP contribution >= 0.6 is 0 Å². The van der Waals surface area contributed by atoms with Crippen molar-refractivity contribution in [2.24, 2.45) is 0 Å². The standard InChI is InChI=1S/C2H4O2.Al/c1-2(3)4;/h1H3,(H,3,4);/q;+1/p-1. The summed E-state index contributed by atoms with van der Waals surface area (Å²) in [6.45, 7) is 1.34. The topological polar surface area (TPSA) is 26.3 Å². The van der Waals surface area contributed by atoms with E-state index in [2.05, 4.69) is 3.79 Å². The van der Waals surface area contributed by atoms with E-state index in [4.69, 9.17) is 0 Å². The summed E-state index contributed by atoms with van der Waals surface area (Å²) in [6, 6.07) is 0. The Labute approximate surface area is 38.9 Å². The molecule has 0 atom stereocenters. The second kappa shape index (κ2) is 2.25. The van der Waals surface area contributed by atoms with Gasteiger partial charge in [0.25, 0.3) is 5.97 Å². The maximum Gasteiger partial charge on any atom is 0.484 e. The number of carbonyl (C=O) groups excluding carboxylic acids is 1. The molecule has 0 aliphatic heterocycles. The fraction of sp³-hybridized carbons (Fsp3) is 0.500. The minimum atomic E-state index is -0.282. The SMILES string of the molecule is CC(=O)[O][Al]. The summed E-state index contributed by atoms with van der Waals surface area (Å²) >= 11 is 1.84. The van der Waals surface area contributed by atoms with Crippen molar-refractivity contribution in [1.82, 2.24) is 0 Å². The highest BCUT2D eigenvalue weighted by molar-refractivity contribution is 6.04. The number of rotatable bonds is 0. The normalized spacial score (nSPS) is 6.60. The van der Waals surface area contributed by atoms with Gasteiger partial charge < -0.3 is 3.79 Å². The first-order chi connectivity index (χ1) is 2.27. The molecule has 0 amide bonds. The Bertz CT molecular complexity index is 42.9. The summed E-state index contributed by atoms with van der Waals surface area (Å²) < 4.78 is 4.03. The van der Waals surface area contributed by atoms with Crippen LogP contribution in [0.3, 0.4) is 0 Å². The van der Waals surface area contributed by atoms with Gasteiger partial charge in [-0.05, 0) is 0 Å². The summed E-state index contributed by atoms with van der Waals surface area (Å²) in [5.41, 5.74) is 0. The van der Waals surface area contributed by atoms with E-state index in [0.29, 0.717) is 0 Å². The molecule has 0 heterocycles. The van der Waals surface area contributed by atoms with E-state index >= 15 is 0 Å². The molecule has 0 spiro atoms. The van der Waals surface area contributed by atoms with Crippen molar-refractivity contribution in [1.29, 1.82) is 0 Å². The summed E-state index contributed by atoms with van der Waals surface area (Å²) in [7, 11) is 0. The maximum atomic E-state index is 9.57. The molecule has 0 saturated carbocycles. The van der Waals surface area contributed by atoms with E-state index in [1.165, 1.54) is 6.92 Å². The van der Waals surface area contributed by atoms with Gasteiger partial charge in [-0.2, -0.15) is 0 Å². The molecule has 0 fully saturated rings. The van der Waals surface area contributed by atoms with Gasteiger partial charge in [0.15, 0.2) is 0 Å². The van der Waals surface area contributed by atoms with E-state index in [1.54, 1.807) is 0 Å². The number of carbonyl (C=O) groups is 1. The van der Waals surface area contributed by atoms with Crippen molar-refractivity contribution in [2.45, 2.75) is 6.92 Å². The third-order valence-electron chi connectivity index (χ3n) is 0.166. The van der Waals surface area contributed by atoms with Crippen molar-refractivity contribution in [3.63, 3.8) is 0 Å². The molecule has 0 N–H and O–H groups in total. The quantitative estimate of drug-likeness (QED) is 0.376. The van der Waals surface area contributed by atoms with E-state index in [1.807, 2.05) is 16.6 Å². The van der Waals surface area contributed by atoms with Crippen LogP contribution in [0.4, 0.5) is 0 Å². The monoisotopic (exact) mass is 86.0 g/mol. The predicted molar refractivity (Wildman–Crippen MR) is 17.5 cm³/mol. The van der Waals surface area contributed by atoms with Crippen LogP contribution < -0.4 is 0 Å². The van der Waals surface area contributed by atoms with Crippen LogP contribution in [0.2, 0.25) is 0 Å². The average Bonchev–Trinajstić information content (AvgIpc) is 1.38. The molecule has 26 valence electrons. The molecule has 0 aliphatic rings. The van der Waals surface area contributed by atoms with Crippen LogP contribution in [0.5, 0.6) is 0 Å². The van der Waals surface area contributed by atoms with Crippen LogP contribution in [0.15, 0.2) is 0 Å². The lowest BCUT2D eigenvalue weighted by Gasteiger charge is -1.85. The van der Waals surface area contributed by atoms with Crippen molar-refractivity contribution < 1.29 is 8.58 Å². The van der Waals surface area contributed by atoms with Crippen molar-refractivity contribution in [3.8, 4) is 0 Å². The average molecular weight is 86.0 g/mol. The van der Waals surface area contributed by atoms with Crippen molar-refractivity contribution in [3.05, 3.63) is 0 Å². The molecule has 5 heavy (non-hydrogen) atoms. The van der Waals surface area contributed by atoms with Gasteiger partial charge in [-0.15, -0.1) is 0 Å². The van der Waals surface area contributed by atoms with Gasteiger partial charge >= 0.3 is 16.6 Å². The van der Waals surface area contributed by atoms with Gasteiger partial charge in [0.1, 0.15) is 0 Å². The minimum Gasteiger partial charge on any atom is -0.628 e. The van der Waals surface area contributed by atoms with Gasteiger partial charge in [-0.25, -0.2) is 0 Å². The number of hydrogen-bond donors (Lipinski definition) is 0. The molecule has 0 aliphatic carbocycles. The highest BCUT2D eigenvalue weighted by atomic mass is 27.1. The predicted octanol–water partition coefficient (Wildman–Crippen LogP) is -0.367. The molecule has 0 bridgehead atoms. The molecular weight excluding hydrogens is 83.0 g/mol. The molecule has 2 nitrogen and oxygen atoms in total. The molecule has 0 rings (SSSR count). The summed E-state index contributed by atoms with van der Waals surface area (Å²) in [6.07, 6.45) is 0. The Morgan fingerprint density at radius 1 is 2.00 bits per heavy atom. The zero-order chi connectivity index (χ0) is 4.28. The van der Waals surface area contributed by atoms with Gasteiger partial charge in [0.05, 0.1) is 0 Å². The molecule has 0 unspecified atom stereocenters. The molecule has 0 aromatic rings. The summed E-state index contributed by atoms with van der Waals surface area (Å²) in [4.78, 5) is 9.57. The zero-order valence-corrected chi connectivity index (χ0v) is 4.05. The van der Waals surface area contributed by atoms with Gasteiger partial charge in [-0.3, -0.25) is 4.79 Å². The van der Waals surface area contributed by atoms with Crippen molar-refractivity contribution in [2.75, 3.05) is 0 Å². The van der Waals surface area contributed by atoms with E-state index < -0.39 is 0 Å². The molecule has 0 saturated heterocycles. The highest BCUT2D eigenvalue weighted by Gasteiger charge is 1.74. The fourth-order valence-electron chi connectivity index (χ4n) is 0. The van der Waals surface area contributed by atoms with Crippen LogP contribution in [0.25, 0.3) is 0 Å². The van der Waals surface area contributed by atoms with E-state index in [-0.39, 0.29) is 5.97 Å². The van der Waals surface area contributed by atoms with Crippen LogP contribution in [0.1, 0.15) is 6.92 Å². The van der Waals surface area contributed by atoms with Crippen LogP contribution in [0, 0.1) is 0 Å². The van der Waals surface area contributed by atoms with Crippen LogP contribution in [-0.2, 0) is 8.58 Å². The second-order valence-electron chi connectivity index (χ2n) is 0.609. The largest absolute Gasteiger partial charge is 0.628 e. The number of hydrogen-bond acceptors (Lipinski definition) is 2. The Morgan fingerprint density at radius 3 is 2.20 bits per heavy atom. The third kappa shape index (κ3) is 4.00. The first-order valence-electron chi connectivity index (χ1n) is 1.14. The molecule has 2 radical (unpaired) electrons. The summed E-state index contributed by atoms with van der Waals surface area (Å²) in [5, 5.41) is 0. The smallest absolute Gasteiger partial charge is 0.484 e. The lowest BCUT2D eigenvalue weighted by Crippen LogP contribution is -1.90. The van der Waals surface area contributed by atoms with E-state index in [9.17, 15) is 4.79 Å². The minimum absolute atomic E-state index is 0.282. The van der Waals surface area contributed by atoms with E-state index in [0.717, 1.165) is 0 Å². The lowest BCUT2D eigenvalue weighted by atomic mass is 10.9. The first kappa shape index (κ1) is 5.00. The van der Waals surface area contributed by atoms with Gasteiger partial charge in [0.2, 0.25) is 0 Å². The zero-order valence-electron chi connectivity index (χ0n) is 2.89. The second-order valence-corrected chi connectivity index (χ2v) is 0.845. The highest BCUT2D eigenvalue weighted by Crippen LogP contribution is 1.58. The maximum absolute atomic E-state index is 9.57. The molecule has 3 heteroatoms. The fourth-order valence-corrected chi connectivity index (χ4v) is 0.